The molecule has 0 bridgehead atoms. The van der Waals surface area contributed by atoms with Gasteiger partial charge in [0.25, 0.3) is 0 Å². The van der Waals surface area contributed by atoms with Crippen molar-refractivity contribution in [1.82, 2.24) is 0 Å². The summed E-state index contributed by atoms with van der Waals surface area (Å²) < 4.78 is 11.4. The fraction of sp³-hybridized carbons (Fsp3) is 0.381. The van der Waals surface area contributed by atoms with Crippen LogP contribution < -0.4 is 14.4 Å². The highest BCUT2D eigenvalue weighted by Crippen LogP contribution is 2.49. The van der Waals surface area contributed by atoms with E-state index in [1.54, 1.807) is 23.8 Å². The molecular weight excluding hydrogens is 426 g/mol. The third kappa shape index (κ3) is 4.43. The number of halogens is 1. The fourth-order valence-electron chi connectivity index (χ4n) is 3.03. The van der Waals surface area contributed by atoms with Crippen LogP contribution in [0.2, 0.25) is 0 Å². The molecule has 3 rings (SSSR count). The molecule has 2 aromatic rings. The van der Waals surface area contributed by atoms with E-state index in [0.717, 1.165) is 45.8 Å². The van der Waals surface area contributed by atoms with Gasteiger partial charge in [-0.25, -0.2) is 0 Å². The molecule has 0 N–H and O–H groups in total. The summed E-state index contributed by atoms with van der Waals surface area (Å²) in [6, 6.07) is 11.9. The van der Waals surface area contributed by atoms with Crippen LogP contribution >= 0.6 is 27.7 Å². The van der Waals surface area contributed by atoms with E-state index in [2.05, 4.69) is 28.9 Å². The van der Waals surface area contributed by atoms with Crippen molar-refractivity contribution in [1.29, 1.82) is 0 Å². The first kappa shape index (κ1) is 20.1. The Balaban J connectivity index is 1.95. The first-order chi connectivity index (χ1) is 13.0. The Morgan fingerprint density at radius 2 is 2.00 bits per heavy atom. The fourth-order valence-corrected chi connectivity index (χ4v) is 4.83. The van der Waals surface area contributed by atoms with Crippen LogP contribution in [-0.4, -0.2) is 32.0 Å². The number of unbranched alkanes of at least 4 members (excludes halogenated alkanes) is 1. The monoisotopic (exact) mass is 449 g/mol. The molecule has 1 aliphatic heterocycles. The van der Waals surface area contributed by atoms with Gasteiger partial charge in [-0.2, -0.15) is 0 Å². The predicted molar refractivity (Wildman–Crippen MR) is 115 cm³/mol. The van der Waals surface area contributed by atoms with Gasteiger partial charge in [0.1, 0.15) is 16.7 Å². The highest BCUT2D eigenvalue weighted by molar-refractivity contribution is 9.09. The van der Waals surface area contributed by atoms with Crippen LogP contribution in [-0.2, 0) is 4.79 Å². The maximum atomic E-state index is 13.1. The van der Waals surface area contributed by atoms with Gasteiger partial charge in [-0.3, -0.25) is 4.79 Å². The number of thioether (sulfide) groups is 1. The second kappa shape index (κ2) is 9.02. The molecule has 1 unspecified atom stereocenters. The summed E-state index contributed by atoms with van der Waals surface area (Å²) >= 11 is 5.02. The van der Waals surface area contributed by atoms with E-state index in [1.807, 2.05) is 37.4 Å². The topological polar surface area (TPSA) is 38.8 Å². The molecule has 27 heavy (non-hydrogen) atoms. The molecule has 144 valence electrons. The summed E-state index contributed by atoms with van der Waals surface area (Å²) in [5.41, 5.74) is 3.00. The Morgan fingerprint density at radius 3 is 2.74 bits per heavy atom. The number of rotatable bonds is 7. The normalized spacial score (nSPS) is 16.2. The van der Waals surface area contributed by atoms with Crippen molar-refractivity contribution in [2.45, 2.75) is 29.9 Å². The average Bonchev–Trinajstić information content (AvgIpc) is 2.68. The van der Waals surface area contributed by atoms with Crippen LogP contribution in [0.4, 0.5) is 5.69 Å². The van der Waals surface area contributed by atoms with E-state index in [1.165, 1.54) is 5.56 Å². The predicted octanol–water partition coefficient (Wildman–Crippen LogP) is 5.37. The molecule has 2 aromatic carbocycles. The van der Waals surface area contributed by atoms with Gasteiger partial charge in [0, 0.05) is 22.8 Å². The van der Waals surface area contributed by atoms with Gasteiger partial charge in [-0.05, 0) is 55.7 Å². The van der Waals surface area contributed by atoms with Crippen molar-refractivity contribution in [2.24, 2.45) is 0 Å². The van der Waals surface area contributed by atoms with Crippen molar-refractivity contribution in [3.8, 4) is 11.5 Å². The SMILES string of the molecule is COc1ccc(OCCCCBr)c(C2Sc3cc(C)ccc3N(C)C2=O)c1. The zero-order chi connectivity index (χ0) is 19.4. The summed E-state index contributed by atoms with van der Waals surface area (Å²) in [4.78, 5) is 16.0. The van der Waals surface area contributed by atoms with Crippen LogP contribution in [0, 0.1) is 6.92 Å². The number of ether oxygens (including phenoxy) is 2. The van der Waals surface area contributed by atoms with E-state index in [0.29, 0.717) is 6.61 Å². The van der Waals surface area contributed by atoms with Crippen molar-refractivity contribution in [2.75, 3.05) is 31.0 Å². The van der Waals surface area contributed by atoms with Crippen molar-refractivity contribution < 1.29 is 14.3 Å². The highest BCUT2D eigenvalue weighted by Gasteiger charge is 2.34. The average molecular weight is 450 g/mol. The molecule has 1 heterocycles. The lowest BCUT2D eigenvalue weighted by molar-refractivity contribution is -0.118. The minimum atomic E-state index is -0.356. The molecule has 0 saturated heterocycles. The lowest BCUT2D eigenvalue weighted by Crippen LogP contribution is -2.34. The summed E-state index contributed by atoms with van der Waals surface area (Å²) in [5.74, 6) is 1.53. The van der Waals surface area contributed by atoms with Crippen LogP contribution in [0.3, 0.4) is 0 Å². The lowest BCUT2D eigenvalue weighted by atomic mass is 10.1. The Kier molecular flexibility index (Phi) is 6.71. The van der Waals surface area contributed by atoms with Gasteiger partial charge < -0.3 is 14.4 Å². The number of nitrogens with zero attached hydrogens (tertiary/aromatic N) is 1. The molecule has 0 fully saturated rings. The van der Waals surface area contributed by atoms with Gasteiger partial charge in [-0.15, -0.1) is 11.8 Å². The van der Waals surface area contributed by atoms with E-state index < -0.39 is 0 Å². The first-order valence-corrected chi connectivity index (χ1v) is 11.0. The number of aryl methyl sites for hydroxylation is 1. The zero-order valence-electron chi connectivity index (χ0n) is 15.8. The van der Waals surface area contributed by atoms with E-state index in [9.17, 15) is 4.79 Å². The van der Waals surface area contributed by atoms with Crippen molar-refractivity contribution in [3.63, 3.8) is 0 Å². The van der Waals surface area contributed by atoms with Crippen LogP contribution in [0.5, 0.6) is 11.5 Å². The largest absolute Gasteiger partial charge is 0.497 e. The number of amides is 1. The smallest absolute Gasteiger partial charge is 0.244 e. The van der Waals surface area contributed by atoms with Gasteiger partial charge in [0.2, 0.25) is 5.91 Å². The molecule has 1 amide bonds. The quantitative estimate of drug-likeness (QED) is 0.420. The lowest BCUT2D eigenvalue weighted by Gasteiger charge is -2.32. The Bertz CT molecular complexity index is 827. The van der Waals surface area contributed by atoms with Crippen molar-refractivity contribution >= 4 is 39.3 Å². The Hall–Kier alpha value is -1.66. The number of likely N-dealkylation sites (N-methyl/N-ethyl adjacent to an activating group) is 1. The number of anilines is 1. The van der Waals surface area contributed by atoms with E-state index >= 15 is 0 Å². The molecule has 1 aliphatic rings. The number of fused-ring (bicyclic) bond motifs is 1. The minimum Gasteiger partial charge on any atom is -0.497 e. The molecule has 0 aromatic heterocycles. The van der Waals surface area contributed by atoms with Crippen LogP contribution in [0.25, 0.3) is 0 Å². The number of hydrogen-bond donors (Lipinski definition) is 0. The molecule has 0 spiro atoms. The van der Waals surface area contributed by atoms with Gasteiger partial charge in [0.05, 0.1) is 19.4 Å². The summed E-state index contributed by atoms with van der Waals surface area (Å²) in [6.07, 6.45) is 2.02. The summed E-state index contributed by atoms with van der Waals surface area (Å²) in [7, 11) is 3.47. The molecule has 0 saturated carbocycles. The number of carbonyl (C=O) groups is 1. The molecule has 6 heteroatoms. The number of alkyl halides is 1. The minimum absolute atomic E-state index is 0.0508. The second-order valence-electron chi connectivity index (χ2n) is 6.51. The molecular formula is C21H24BrNO3S. The molecule has 0 aliphatic carbocycles. The third-order valence-electron chi connectivity index (χ3n) is 4.56. The summed E-state index contributed by atoms with van der Waals surface area (Å²) in [6.45, 7) is 2.69. The number of benzene rings is 2. The molecule has 0 radical (unpaired) electrons. The van der Waals surface area contributed by atoms with E-state index in [-0.39, 0.29) is 11.2 Å². The number of carbonyl (C=O) groups excluding carboxylic acids is 1. The molecule has 1 atom stereocenters. The first-order valence-electron chi connectivity index (χ1n) is 8.96. The Morgan fingerprint density at radius 1 is 1.19 bits per heavy atom. The Labute approximate surface area is 173 Å². The maximum absolute atomic E-state index is 13.1. The van der Waals surface area contributed by atoms with Crippen LogP contribution in [0.15, 0.2) is 41.3 Å². The van der Waals surface area contributed by atoms with Gasteiger partial charge in [-0.1, -0.05) is 22.0 Å². The number of methoxy groups -OCH3 is 1. The maximum Gasteiger partial charge on any atom is 0.244 e. The third-order valence-corrected chi connectivity index (χ3v) is 6.39. The van der Waals surface area contributed by atoms with Gasteiger partial charge in [0.15, 0.2) is 0 Å². The van der Waals surface area contributed by atoms with Crippen LogP contribution in [0.1, 0.15) is 29.2 Å². The second-order valence-corrected chi connectivity index (χ2v) is 8.45. The zero-order valence-corrected chi connectivity index (χ0v) is 18.2. The highest BCUT2D eigenvalue weighted by atomic mass is 79.9. The van der Waals surface area contributed by atoms with Gasteiger partial charge >= 0.3 is 0 Å². The number of hydrogen-bond acceptors (Lipinski definition) is 4. The van der Waals surface area contributed by atoms with E-state index in [4.69, 9.17) is 9.47 Å². The van der Waals surface area contributed by atoms with Crippen molar-refractivity contribution in [3.05, 3.63) is 47.5 Å². The standard InChI is InChI=1S/C21H24BrNO3S/c1-14-6-8-17-19(12-14)27-20(21(24)23(17)2)16-13-15(25-3)7-9-18(16)26-11-5-4-10-22/h6-9,12-13,20H,4-5,10-11H2,1-3H3. The summed E-state index contributed by atoms with van der Waals surface area (Å²) in [5, 5.41) is 0.606. The molecule has 4 nitrogen and oxygen atoms in total.